The quantitative estimate of drug-likeness (QED) is 0.337. The van der Waals surface area contributed by atoms with Crippen LogP contribution in [-0.4, -0.2) is 23.2 Å². The van der Waals surface area contributed by atoms with Crippen molar-refractivity contribution in [2.24, 2.45) is 0 Å². The minimum absolute atomic E-state index is 0.315. The van der Waals surface area contributed by atoms with Crippen molar-refractivity contribution in [3.63, 3.8) is 0 Å². The van der Waals surface area contributed by atoms with E-state index in [2.05, 4.69) is 21.2 Å². The van der Waals surface area contributed by atoms with Gasteiger partial charge in [0.2, 0.25) is 0 Å². The van der Waals surface area contributed by atoms with Crippen LogP contribution < -0.4 is 10.1 Å². The van der Waals surface area contributed by atoms with Crippen molar-refractivity contribution in [1.82, 2.24) is 4.40 Å². The topological polar surface area (TPSA) is 59.8 Å². The summed E-state index contributed by atoms with van der Waals surface area (Å²) in [6.07, 6.45) is 1.78. The lowest BCUT2D eigenvalue weighted by atomic mass is 10.0. The number of halogens is 1. The first kappa shape index (κ1) is 19.0. The van der Waals surface area contributed by atoms with Crippen molar-refractivity contribution in [3.8, 4) is 16.9 Å². The van der Waals surface area contributed by atoms with E-state index in [0.29, 0.717) is 21.4 Å². The number of carbonyl (C=O) groups is 2. The third-order valence-corrected chi connectivity index (χ3v) is 5.32. The zero-order valence-electron chi connectivity index (χ0n) is 15.6. The predicted molar refractivity (Wildman–Crippen MR) is 116 cm³/mol. The highest BCUT2D eigenvalue weighted by molar-refractivity contribution is 9.10. The van der Waals surface area contributed by atoms with Crippen molar-refractivity contribution in [2.75, 3.05) is 12.4 Å². The Labute approximate surface area is 176 Å². The van der Waals surface area contributed by atoms with Gasteiger partial charge in [-0.2, -0.15) is 0 Å². The standard InChI is InChI=1S/C23H17BrN2O3/c1-29-17-11-9-15(10-12-17)18-14-16-6-4-5-13-26(16)21(18)22(27)23(28)25-20-8-3-2-7-19(20)24/h2-14H,1H3,(H,25,28). The van der Waals surface area contributed by atoms with E-state index in [1.54, 1.807) is 35.9 Å². The van der Waals surface area contributed by atoms with Gasteiger partial charge in [-0.05, 0) is 64.0 Å². The van der Waals surface area contributed by atoms with Crippen LogP contribution >= 0.6 is 15.9 Å². The molecule has 2 aromatic heterocycles. The Balaban J connectivity index is 1.78. The molecule has 6 heteroatoms. The first-order valence-corrected chi connectivity index (χ1v) is 9.72. The number of nitrogens with zero attached hydrogens (tertiary/aromatic N) is 1. The monoisotopic (exact) mass is 448 g/mol. The van der Waals surface area contributed by atoms with Crippen LogP contribution in [0, 0.1) is 0 Å². The summed E-state index contributed by atoms with van der Waals surface area (Å²) in [6, 6.07) is 22.1. The van der Waals surface area contributed by atoms with Crippen LogP contribution in [0.1, 0.15) is 10.5 Å². The normalized spacial score (nSPS) is 10.7. The molecule has 0 unspecified atom stereocenters. The molecule has 0 aliphatic heterocycles. The number of fused-ring (bicyclic) bond motifs is 1. The van der Waals surface area contributed by atoms with Crippen molar-refractivity contribution in [1.29, 1.82) is 0 Å². The van der Waals surface area contributed by atoms with Gasteiger partial charge in [0.1, 0.15) is 11.4 Å². The highest BCUT2D eigenvalue weighted by Gasteiger charge is 2.25. The van der Waals surface area contributed by atoms with Crippen molar-refractivity contribution < 1.29 is 14.3 Å². The number of benzene rings is 2. The number of aromatic nitrogens is 1. The van der Waals surface area contributed by atoms with E-state index in [-0.39, 0.29) is 0 Å². The fourth-order valence-corrected chi connectivity index (χ4v) is 3.58. The van der Waals surface area contributed by atoms with Crippen LogP contribution in [0.5, 0.6) is 5.75 Å². The van der Waals surface area contributed by atoms with Gasteiger partial charge in [0, 0.05) is 21.7 Å². The molecule has 4 aromatic rings. The maximum atomic E-state index is 13.2. The molecule has 0 bridgehead atoms. The third kappa shape index (κ3) is 3.67. The number of nitrogens with one attached hydrogen (secondary N) is 1. The molecule has 0 aliphatic carbocycles. The van der Waals surface area contributed by atoms with Gasteiger partial charge >= 0.3 is 0 Å². The lowest BCUT2D eigenvalue weighted by Gasteiger charge is -2.09. The molecule has 0 radical (unpaired) electrons. The maximum Gasteiger partial charge on any atom is 0.298 e. The molecule has 29 heavy (non-hydrogen) atoms. The molecule has 0 saturated carbocycles. The third-order valence-electron chi connectivity index (χ3n) is 4.62. The summed E-state index contributed by atoms with van der Waals surface area (Å²) in [5.74, 6) is -0.592. The number of hydrogen-bond acceptors (Lipinski definition) is 3. The Morgan fingerprint density at radius 2 is 1.69 bits per heavy atom. The van der Waals surface area contributed by atoms with E-state index in [0.717, 1.165) is 16.8 Å². The minimum Gasteiger partial charge on any atom is -0.497 e. The van der Waals surface area contributed by atoms with Gasteiger partial charge in [0.05, 0.1) is 12.8 Å². The predicted octanol–water partition coefficient (Wildman–Crippen LogP) is 5.20. The summed E-state index contributed by atoms with van der Waals surface area (Å²) in [5.41, 5.74) is 3.20. The summed E-state index contributed by atoms with van der Waals surface area (Å²) in [6.45, 7) is 0. The molecular formula is C23H17BrN2O3. The van der Waals surface area contributed by atoms with Crippen LogP contribution in [0.2, 0.25) is 0 Å². The SMILES string of the molecule is COc1ccc(-c2cc3ccccn3c2C(=O)C(=O)Nc2ccccc2Br)cc1. The highest BCUT2D eigenvalue weighted by atomic mass is 79.9. The summed E-state index contributed by atoms with van der Waals surface area (Å²) in [5, 5.41) is 2.69. The Hall–Kier alpha value is -3.38. The minimum atomic E-state index is -0.699. The molecule has 1 N–H and O–H groups in total. The molecule has 2 aromatic carbocycles. The number of rotatable bonds is 5. The molecule has 0 aliphatic rings. The molecule has 0 atom stereocenters. The number of amides is 1. The van der Waals surface area contributed by atoms with Gasteiger partial charge in [-0.3, -0.25) is 9.59 Å². The maximum absolute atomic E-state index is 13.2. The van der Waals surface area contributed by atoms with Gasteiger partial charge < -0.3 is 14.5 Å². The Morgan fingerprint density at radius 3 is 2.41 bits per heavy atom. The van der Waals surface area contributed by atoms with E-state index in [1.807, 2.05) is 54.6 Å². The first-order chi connectivity index (χ1) is 14.1. The Kier molecular flexibility index (Phi) is 5.18. The van der Waals surface area contributed by atoms with Crippen LogP contribution in [0.3, 0.4) is 0 Å². The molecule has 4 rings (SSSR count). The number of ketones is 1. The number of hydrogen-bond donors (Lipinski definition) is 1. The van der Waals surface area contributed by atoms with Gasteiger partial charge in [-0.15, -0.1) is 0 Å². The van der Waals surface area contributed by atoms with Crippen molar-refractivity contribution in [3.05, 3.63) is 89.2 Å². The smallest absolute Gasteiger partial charge is 0.298 e. The second-order valence-electron chi connectivity index (χ2n) is 6.39. The lowest BCUT2D eigenvalue weighted by Crippen LogP contribution is -2.24. The zero-order valence-corrected chi connectivity index (χ0v) is 17.1. The molecule has 144 valence electrons. The molecule has 1 amide bonds. The van der Waals surface area contributed by atoms with E-state index < -0.39 is 11.7 Å². The molecule has 2 heterocycles. The number of ether oxygens (including phenoxy) is 1. The van der Waals surface area contributed by atoms with Crippen LogP contribution in [0.25, 0.3) is 16.6 Å². The average molecular weight is 449 g/mol. The number of Topliss-reactive ketones (excluding diaryl/α,β-unsaturated/α-hetero) is 1. The number of methoxy groups -OCH3 is 1. The fraction of sp³-hybridized carbons (Fsp3) is 0.0435. The number of carbonyl (C=O) groups excluding carboxylic acids is 2. The summed E-state index contributed by atoms with van der Waals surface area (Å²) >= 11 is 3.38. The van der Waals surface area contributed by atoms with Gasteiger partial charge in [0.15, 0.2) is 0 Å². The van der Waals surface area contributed by atoms with Crippen molar-refractivity contribution in [2.45, 2.75) is 0 Å². The van der Waals surface area contributed by atoms with Crippen molar-refractivity contribution >= 4 is 38.8 Å². The molecule has 0 fully saturated rings. The number of pyridine rings is 1. The first-order valence-electron chi connectivity index (χ1n) is 8.93. The Bertz CT molecular complexity index is 1210. The van der Waals surface area contributed by atoms with Crippen LogP contribution in [0.15, 0.2) is 83.5 Å². The van der Waals surface area contributed by atoms with E-state index in [4.69, 9.17) is 4.74 Å². The van der Waals surface area contributed by atoms with E-state index in [1.165, 1.54) is 0 Å². The second-order valence-corrected chi connectivity index (χ2v) is 7.25. The van der Waals surface area contributed by atoms with Gasteiger partial charge in [0.25, 0.3) is 11.7 Å². The molecular weight excluding hydrogens is 432 g/mol. The van der Waals surface area contributed by atoms with E-state index in [9.17, 15) is 9.59 Å². The summed E-state index contributed by atoms with van der Waals surface area (Å²) in [7, 11) is 1.60. The van der Waals surface area contributed by atoms with E-state index >= 15 is 0 Å². The lowest BCUT2D eigenvalue weighted by molar-refractivity contribution is -0.112. The number of para-hydroxylation sites is 1. The average Bonchev–Trinajstić information content (AvgIpc) is 3.14. The Morgan fingerprint density at radius 1 is 0.966 bits per heavy atom. The van der Waals surface area contributed by atoms with Gasteiger partial charge in [-0.25, -0.2) is 0 Å². The number of anilines is 1. The fourth-order valence-electron chi connectivity index (χ4n) is 3.20. The zero-order chi connectivity index (χ0) is 20.4. The second kappa shape index (κ2) is 7.93. The largest absolute Gasteiger partial charge is 0.497 e. The molecule has 5 nitrogen and oxygen atoms in total. The molecule has 0 spiro atoms. The van der Waals surface area contributed by atoms with Crippen LogP contribution in [0.4, 0.5) is 5.69 Å². The summed E-state index contributed by atoms with van der Waals surface area (Å²) in [4.78, 5) is 26.0. The molecule has 0 saturated heterocycles. The summed E-state index contributed by atoms with van der Waals surface area (Å²) < 4.78 is 7.66. The van der Waals surface area contributed by atoms with Crippen LogP contribution in [-0.2, 0) is 4.79 Å². The highest BCUT2D eigenvalue weighted by Crippen LogP contribution is 2.30. The van der Waals surface area contributed by atoms with Gasteiger partial charge in [-0.1, -0.05) is 30.3 Å².